The van der Waals surface area contributed by atoms with Crippen molar-refractivity contribution in [2.45, 2.75) is 46.1 Å². The lowest BCUT2D eigenvalue weighted by molar-refractivity contribution is -0.129. The van der Waals surface area contributed by atoms with E-state index in [0.717, 1.165) is 12.8 Å². The molecule has 4 nitrogen and oxygen atoms in total. The number of nitriles is 1. The number of carbonyl (C=O) groups is 1. The van der Waals surface area contributed by atoms with Crippen molar-refractivity contribution in [3.05, 3.63) is 24.2 Å². The Morgan fingerprint density at radius 1 is 1.44 bits per heavy atom. The summed E-state index contributed by atoms with van der Waals surface area (Å²) < 4.78 is 5.15. The predicted molar refractivity (Wildman–Crippen MR) is 68.4 cm³/mol. The second kappa shape index (κ2) is 6.85. The monoisotopic (exact) mass is 248 g/mol. The third-order valence-corrected chi connectivity index (χ3v) is 3.01. The molecule has 0 aliphatic heterocycles. The molecule has 18 heavy (non-hydrogen) atoms. The normalized spacial score (nSPS) is 10.9. The molecule has 1 rings (SSSR count). The SMILES string of the molecule is CCCC(C#N)(CCC)C(=O)NCc1ccco1. The third kappa shape index (κ3) is 3.36. The van der Waals surface area contributed by atoms with Crippen LogP contribution in [0, 0.1) is 16.7 Å². The van der Waals surface area contributed by atoms with Gasteiger partial charge in [0.15, 0.2) is 0 Å². The van der Waals surface area contributed by atoms with Gasteiger partial charge >= 0.3 is 0 Å². The highest BCUT2D eigenvalue weighted by molar-refractivity contribution is 5.85. The molecule has 1 aromatic rings. The number of nitrogens with zero attached hydrogens (tertiary/aromatic N) is 1. The molecule has 1 N–H and O–H groups in total. The van der Waals surface area contributed by atoms with E-state index < -0.39 is 5.41 Å². The molecule has 0 atom stereocenters. The number of nitrogens with one attached hydrogen (secondary N) is 1. The molecule has 0 saturated heterocycles. The van der Waals surface area contributed by atoms with Crippen molar-refractivity contribution in [3.63, 3.8) is 0 Å². The number of rotatable bonds is 7. The van der Waals surface area contributed by atoms with E-state index in [1.54, 1.807) is 18.4 Å². The molecule has 0 fully saturated rings. The van der Waals surface area contributed by atoms with Crippen LogP contribution in [0.25, 0.3) is 0 Å². The van der Waals surface area contributed by atoms with Gasteiger partial charge in [-0.2, -0.15) is 5.26 Å². The summed E-state index contributed by atoms with van der Waals surface area (Å²) in [6.07, 6.45) is 4.41. The second-order valence-electron chi connectivity index (χ2n) is 4.46. The highest BCUT2D eigenvalue weighted by Crippen LogP contribution is 2.29. The predicted octanol–water partition coefficient (Wildman–Crippen LogP) is 3.01. The van der Waals surface area contributed by atoms with Crippen LogP contribution in [0.1, 0.15) is 45.3 Å². The topological polar surface area (TPSA) is 66.0 Å². The Hall–Kier alpha value is -1.76. The van der Waals surface area contributed by atoms with Crippen molar-refractivity contribution < 1.29 is 9.21 Å². The Morgan fingerprint density at radius 3 is 2.56 bits per heavy atom. The zero-order chi connectivity index (χ0) is 13.4. The molecule has 0 saturated carbocycles. The van der Waals surface area contributed by atoms with Gasteiger partial charge in [0.2, 0.25) is 5.91 Å². The summed E-state index contributed by atoms with van der Waals surface area (Å²) in [5.74, 6) is 0.508. The maximum atomic E-state index is 12.2. The molecule has 0 spiro atoms. The molecule has 1 amide bonds. The largest absolute Gasteiger partial charge is 0.467 e. The molecule has 1 heterocycles. The molecule has 0 unspecified atom stereocenters. The minimum atomic E-state index is -0.893. The summed E-state index contributed by atoms with van der Waals surface area (Å²) in [4.78, 5) is 12.2. The van der Waals surface area contributed by atoms with Crippen LogP contribution in [-0.4, -0.2) is 5.91 Å². The van der Waals surface area contributed by atoms with Gasteiger partial charge in [-0.15, -0.1) is 0 Å². The van der Waals surface area contributed by atoms with Crippen molar-refractivity contribution in [3.8, 4) is 6.07 Å². The summed E-state index contributed by atoms with van der Waals surface area (Å²) in [7, 11) is 0. The lowest BCUT2D eigenvalue weighted by Crippen LogP contribution is -2.39. The molecule has 1 aromatic heterocycles. The molecule has 0 aliphatic carbocycles. The molecule has 4 heteroatoms. The van der Waals surface area contributed by atoms with Crippen LogP contribution in [0.5, 0.6) is 0 Å². The van der Waals surface area contributed by atoms with E-state index in [2.05, 4.69) is 11.4 Å². The molecule has 0 aliphatic rings. The van der Waals surface area contributed by atoms with Gasteiger partial charge in [-0.05, 0) is 25.0 Å². The summed E-state index contributed by atoms with van der Waals surface area (Å²) >= 11 is 0. The first-order valence-electron chi connectivity index (χ1n) is 6.40. The molecular formula is C14H20N2O2. The highest BCUT2D eigenvalue weighted by atomic mass is 16.3. The van der Waals surface area contributed by atoms with E-state index in [4.69, 9.17) is 4.42 Å². The first kappa shape index (κ1) is 14.3. The number of hydrogen-bond donors (Lipinski definition) is 1. The maximum Gasteiger partial charge on any atom is 0.240 e. The Bertz CT molecular complexity index is 398. The Morgan fingerprint density at radius 2 is 2.11 bits per heavy atom. The summed E-state index contributed by atoms with van der Waals surface area (Å²) in [5, 5.41) is 12.1. The van der Waals surface area contributed by atoms with Crippen LogP contribution < -0.4 is 5.32 Å². The van der Waals surface area contributed by atoms with Crippen molar-refractivity contribution >= 4 is 5.91 Å². The third-order valence-electron chi connectivity index (χ3n) is 3.01. The second-order valence-corrected chi connectivity index (χ2v) is 4.46. The first-order valence-corrected chi connectivity index (χ1v) is 6.40. The van der Waals surface area contributed by atoms with Crippen LogP contribution in [-0.2, 0) is 11.3 Å². The standard InChI is InChI=1S/C14H20N2O2/c1-3-7-14(11-15,8-4-2)13(17)16-10-12-6-5-9-18-12/h5-6,9H,3-4,7-8,10H2,1-2H3,(H,16,17). The van der Waals surface area contributed by atoms with E-state index in [9.17, 15) is 10.1 Å². The van der Waals surface area contributed by atoms with Crippen LogP contribution in [0.2, 0.25) is 0 Å². The Labute approximate surface area is 108 Å². The number of amides is 1. The fourth-order valence-corrected chi connectivity index (χ4v) is 2.12. The number of furan rings is 1. The molecular weight excluding hydrogens is 228 g/mol. The zero-order valence-electron chi connectivity index (χ0n) is 11.0. The molecule has 0 bridgehead atoms. The smallest absolute Gasteiger partial charge is 0.240 e. The van der Waals surface area contributed by atoms with Gasteiger partial charge in [-0.3, -0.25) is 4.79 Å². The molecule has 0 radical (unpaired) electrons. The van der Waals surface area contributed by atoms with Gasteiger partial charge < -0.3 is 9.73 Å². The fraction of sp³-hybridized carbons (Fsp3) is 0.571. The maximum absolute atomic E-state index is 12.2. The van der Waals surface area contributed by atoms with Crippen LogP contribution in [0.3, 0.4) is 0 Å². The number of carbonyl (C=O) groups excluding carboxylic acids is 1. The average molecular weight is 248 g/mol. The summed E-state index contributed by atoms with van der Waals surface area (Å²) in [6, 6.07) is 5.78. The zero-order valence-corrected chi connectivity index (χ0v) is 11.0. The summed E-state index contributed by atoms with van der Waals surface area (Å²) in [6.45, 7) is 4.31. The Kier molecular flexibility index (Phi) is 5.44. The van der Waals surface area contributed by atoms with Crippen molar-refractivity contribution in [2.75, 3.05) is 0 Å². The number of hydrogen-bond acceptors (Lipinski definition) is 3. The van der Waals surface area contributed by atoms with Gasteiger partial charge in [0, 0.05) is 0 Å². The fourth-order valence-electron chi connectivity index (χ4n) is 2.12. The lowest BCUT2D eigenvalue weighted by Gasteiger charge is -2.24. The van der Waals surface area contributed by atoms with Gasteiger partial charge in [0.1, 0.15) is 11.2 Å². The van der Waals surface area contributed by atoms with Crippen molar-refractivity contribution in [2.24, 2.45) is 5.41 Å². The van der Waals surface area contributed by atoms with Gasteiger partial charge in [-0.25, -0.2) is 0 Å². The van der Waals surface area contributed by atoms with E-state index >= 15 is 0 Å². The van der Waals surface area contributed by atoms with Crippen LogP contribution >= 0.6 is 0 Å². The van der Waals surface area contributed by atoms with Crippen molar-refractivity contribution in [1.82, 2.24) is 5.32 Å². The van der Waals surface area contributed by atoms with Crippen molar-refractivity contribution in [1.29, 1.82) is 5.26 Å². The minimum Gasteiger partial charge on any atom is -0.467 e. The van der Waals surface area contributed by atoms with Crippen LogP contribution in [0.15, 0.2) is 22.8 Å². The highest BCUT2D eigenvalue weighted by Gasteiger charge is 2.36. The van der Waals surface area contributed by atoms with Gasteiger partial charge in [0.25, 0.3) is 0 Å². The van der Waals surface area contributed by atoms with Crippen LogP contribution in [0.4, 0.5) is 0 Å². The molecule has 98 valence electrons. The van der Waals surface area contributed by atoms with E-state index in [0.29, 0.717) is 25.1 Å². The summed E-state index contributed by atoms with van der Waals surface area (Å²) in [5.41, 5.74) is -0.893. The van der Waals surface area contributed by atoms with Gasteiger partial charge in [-0.1, -0.05) is 26.7 Å². The van der Waals surface area contributed by atoms with E-state index in [-0.39, 0.29) is 5.91 Å². The average Bonchev–Trinajstić information content (AvgIpc) is 2.88. The minimum absolute atomic E-state index is 0.190. The first-order chi connectivity index (χ1) is 8.68. The molecule has 0 aromatic carbocycles. The van der Waals surface area contributed by atoms with E-state index in [1.807, 2.05) is 13.8 Å². The lowest BCUT2D eigenvalue weighted by atomic mass is 9.80. The quantitative estimate of drug-likeness (QED) is 0.806. The van der Waals surface area contributed by atoms with Gasteiger partial charge in [0.05, 0.1) is 18.9 Å². The van der Waals surface area contributed by atoms with E-state index in [1.165, 1.54) is 0 Å². The Balaban J connectivity index is 2.67.